The van der Waals surface area contributed by atoms with Gasteiger partial charge in [-0.3, -0.25) is 4.90 Å². The number of hydrogen-bond donors (Lipinski definition) is 2. The summed E-state index contributed by atoms with van der Waals surface area (Å²) >= 11 is 0. The first-order chi connectivity index (χ1) is 12.6. The molecular weight excluding hydrogens is 461 g/mol. The predicted molar refractivity (Wildman–Crippen MR) is 117 cm³/mol. The lowest BCUT2D eigenvalue weighted by Crippen LogP contribution is -2.49. The first-order valence-electron chi connectivity index (χ1n) is 9.29. The number of nitrogens with zero attached hydrogens (tertiary/aromatic N) is 5. The van der Waals surface area contributed by atoms with Gasteiger partial charge < -0.3 is 24.7 Å². The fourth-order valence-corrected chi connectivity index (χ4v) is 2.73. The van der Waals surface area contributed by atoms with Crippen molar-refractivity contribution in [2.45, 2.75) is 32.9 Å². The molecule has 1 aromatic heterocycles. The molecule has 1 aliphatic heterocycles. The Labute approximate surface area is 179 Å². The Morgan fingerprint density at radius 1 is 1.30 bits per heavy atom. The zero-order chi connectivity index (χ0) is 18.8. The highest BCUT2D eigenvalue weighted by Gasteiger charge is 2.17. The maximum atomic E-state index is 5.43. The average Bonchev–Trinajstić information content (AvgIpc) is 2.99. The number of guanidine groups is 1. The molecule has 0 radical (unpaired) electrons. The van der Waals surface area contributed by atoms with Crippen LogP contribution in [0.25, 0.3) is 0 Å². The van der Waals surface area contributed by atoms with Gasteiger partial charge in [-0.1, -0.05) is 0 Å². The van der Waals surface area contributed by atoms with E-state index in [0.717, 1.165) is 70.0 Å². The molecule has 0 bridgehead atoms. The minimum Gasteiger partial charge on any atom is -0.385 e. The number of nitrogens with one attached hydrogen (secondary N) is 2. The fraction of sp³-hybridized carbons (Fsp3) is 0.824. The quantitative estimate of drug-likeness (QED) is 0.224. The topological polar surface area (TPSA) is 88.8 Å². The molecule has 1 atom stereocenters. The van der Waals surface area contributed by atoms with Crippen LogP contribution in [0.4, 0.5) is 0 Å². The maximum absolute atomic E-state index is 5.43. The summed E-state index contributed by atoms with van der Waals surface area (Å²) in [7, 11) is 3.67. The Balaban J connectivity index is 0.00000364. The van der Waals surface area contributed by atoms with E-state index in [1.165, 1.54) is 0 Å². The normalized spacial score (nSPS) is 16.7. The number of ether oxygens (including phenoxy) is 2. The fourth-order valence-electron chi connectivity index (χ4n) is 2.73. The van der Waals surface area contributed by atoms with Crippen LogP contribution in [0, 0.1) is 6.92 Å². The minimum absolute atomic E-state index is 0. The summed E-state index contributed by atoms with van der Waals surface area (Å²) in [6.07, 6.45) is 0.930. The van der Waals surface area contributed by atoms with Gasteiger partial charge in [-0.05, 0) is 20.3 Å². The third-order valence-electron chi connectivity index (χ3n) is 4.61. The van der Waals surface area contributed by atoms with Crippen molar-refractivity contribution in [1.29, 1.82) is 0 Å². The Hall–Kier alpha value is -0.980. The second kappa shape index (κ2) is 13.2. The van der Waals surface area contributed by atoms with Crippen molar-refractivity contribution in [2.75, 3.05) is 53.1 Å². The molecule has 1 saturated heterocycles. The first kappa shape index (κ1) is 24.1. The van der Waals surface area contributed by atoms with E-state index in [1.54, 1.807) is 7.11 Å². The predicted octanol–water partition coefficient (Wildman–Crippen LogP) is 0.534. The summed E-state index contributed by atoms with van der Waals surface area (Å²) in [5.41, 5.74) is 0. The molecule has 0 amide bonds. The smallest absolute Gasteiger partial charge is 0.191 e. The molecule has 1 fully saturated rings. The largest absolute Gasteiger partial charge is 0.385 e. The lowest BCUT2D eigenvalue weighted by molar-refractivity contribution is 0.0211. The van der Waals surface area contributed by atoms with Crippen molar-refractivity contribution in [1.82, 2.24) is 30.3 Å². The van der Waals surface area contributed by atoms with Crippen LogP contribution in [0.5, 0.6) is 0 Å². The number of halogens is 1. The van der Waals surface area contributed by atoms with Crippen molar-refractivity contribution < 1.29 is 9.47 Å². The number of hydrogen-bond acceptors (Lipinski definition) is 6. The Kier molecular flexibility index (Phi) is 11.8. The molecule has 27 heavy (non-hydrogen) atoms. The Morgan fingerprint density at radius 2 is 2.04 bits per heavy atom. The zero-order valence-electron chi connectivity index (χ0n) is 16.9. The highest BCUT2D eigenvalue weighted by Crippen LogP contribution is 2.03. The van der Waals surface area contributed by atoms with Crippen molar-refractivity contribution >= 4 is 29.9 Å². The van der Waals surface area contributed by atoms with Crippen LogP contribution in [0.3, 0.4) is 0 Å². The molecular formula is C17H34IN7O2. The molecule has 10 heteroatoms. The van der Waals surface area contributed by atoms with E-state index in [9.17, 15) is 0 Å². The Bertz CT molecular complexity index is 561. The number of aryl methyl sites for hydroxylation is 1. The van der Waals surface area contributed by atoms with Crippen LogP contribution >= 0.6 is 24.0 Å². The molecule has 0 aromatic carbocycles. The van der Waals surface area contributed by atoms with Gasteiger partial charge in [0, 0.05) is 53.0 Å². The van der Waals surface area contributed by atoms with Crippen LogP contribution < -0.4 is 10.6 Å². The molecule has 9 nitrogen and oxygen atoms in total. The van der Waals surface area contributed by atoms with E-state index < -0.39 is 0 Å². The van der Waals surface area contributed by atoms with Crippen molar-refractivity contribution in [3.63, 3.8) is 0 Å². The number of rotatable bonds is 9. The van der Waals surface area contributed by atoms with E-state index >= 15 is 0 Å². The summed E-state index contributed by atoms with van der Waals surface area (Å²) in [6.45, 7) is 10.6. The first-order valence-corrected chi connectivity index (χ1v) is 9.29. The molecule has 2 N–H and O–H groups in total. The summed E-state index contributed by atoms with van der Waals surface area (Å²) < 4.78 is 12.5. The van der Waals surface area contributed by atoms with E-state index in [1.807, 2.05) is 18.5 Å². The molecule has 1 aromatic rings. The number of methoxy groups -OCH3 is 1. The van der Waals surface area contributed by atoms with Crippen molar-refractivity contribution in [3.05, 3.63) is 11.6 Å². The van der Waals surface area contributed by atoms with E-state index in [0.29, 0.717) is 12.6 Å². The third-order valence-corrected chi connectivity index (χ3v) is 4.61. The highest BCUT2D eigenvalue weighted by atomic mass is 127. The maximum Gasteiger partial charge on any atom is 0.191 e. The van der Waals surface area contributed by atoms with Crippen LogP contribution in [0.2, 0.25) is 0 Å². The summed E-state index contributed by atoms with van der Waals surface area (Å²) in [4.78, 5) is 7.11. The van der Waals surface area contributed by atoms with Crippen LogP contribution in [0.15, 0.2) is 4.99 Å². The number of morpholine rings is 1. The van der Waals surface area contributed by atoms with Gasteiger partial charge in [-0.15, -0.1) is 34.2 Å². The molecule has 1 unspecified atom stereocenters. The lowest BCUT2D eigenvalue weighted by atomic mass is 10.2. The summed E-state index contributed by atoms with van der Waals surface area (Å²) in [5, 5.41) is 15.1. The highest BCUT2D eigenvalue weighted by molar-refractivity contribution is 14.0. The van der Waals surface area contributed by atoms with Gasteiger partial charge in [0.2, 0.25) is 0 Å². The summed E-state index contributed by atoms with van der Waals surface area (Å²) in [6, 6.07) is 0.418. The lowest BCUT2D eigenvalue weighted by Gasteiger charge is -2.32. The standard InChI is InChI=1S/C17H33N7O2.HI/c1-14(24-7-10-26-11-8-24)12-19-17(18-6-5-9-25-4)20-13-16-22-21-15(2)23(16)3;/h14H,5-13H2,1-4H3,(H2,18,19,20);1H. The molecule has 0 spiro atoms. The van der Waals surface area contributed by atoms with E-state index in [-0.39, 0.29) is 24.0 Å². The van der Waals surface area contributed by atoms with Gasteiger partial charge in [0.25, 0.3) is 0 Å². The summed E-state index contributed by atoms with van der Waals surface area (Å²) in [5.74, 6) is 2.53. The van der Waals surface area contributed by atoms with Crippen LogP contribution in [0.1, 0.15) is 25.0 Å². The van der Waals surface area contributed by atoms with E-state index in [2.05, 4.69) is 37.6 Å². The SMILES string of the molecule is COCCCNC(=NCc1nnc(C)n1C)NCC(C)N1CCOCC1.I. The molecule has 0 aliphatic carbocycles. The van der Waals surface area contributed by atoms with Gasteiger partial charge in [-0.2, -0.15) is 0 Å². The average molecular weight is 495 g/mol. The van der Waals surface area contributed by atoms with Gasteiger partial charge >= 0.3 is 0 Å². The third kappa shape index (κ3) is 8.28. The van der Waals surface area contributed by atoms with Gasteiger partial charge in [0.1, 0.15) is 12.4 Å². The van der Waals surface area contributed by atoms with Crippen LogP contribution in [-0.2, 0) is 23.1 Å². The van der Waals surface area contributed by atoms with Crippen molar-refractivity contribution in [3.8, 4) is 0 Å². The monoisotopic (exact) mass is 495 g/mol. The molecule has 2 heterocycles. The molecule has 2 rings (SSSR count). The van der Waals surface area contributed by atoms with Crippen molar-refractivity contribution in [2.24, 2.45) is 12.0 Å². The van der Waals surface area contributed by atoms with Gasteiger partial charge in [-0.25, -0.2) is 4.99 Å². The van der Waals surface area contributed by atoms with Gasteiger partial charge in [0.05, 0.1) is 13.2 Å². The molecule has 0 saturated carbocycles. The number of aromatic nitrogens is 3. The number of aliphatic imine (C=N–C) groups is 1. The second-order valence-corrected chi connectivity index (χ2v) is 6.54. The zero-order valence-corrected chi connectivity index (χ0v) is 19.2. The minimum atomic E-state index is 0. The van der Waals surface area contributed by atoms with Crippen LogP contribution in [-0.4, -0.2) is 84.8 Å². The Morgan fingerprint density at radius 3 is 2.67 bits per heavy atom. The second-order valence-electron chi connectivity index (χ2n) is 6.54. The van der Waals surface area contributed by atoms with E-state index in [4.69, 9.17) is 9.47 Å². The molecule has 1 aliphatic rings. The van der Waals surface area contributed by atoms with Gasteiger partial charge in [0.15, 0.2) is 11.8 Å². The molecule has 156 valence electrons.